The summed E-state index contributed by atoms with van der Waals surface area (Å²) in [7, 11) is 0. The Morgan fingerprint density at radius 3 is 2.39 bits per heavy atom. The molecular weight excluding hydrogens is 550 g/mol. The number of benzene rings is 2. The highest BCUT2D eigenvalue weighted by Crippen LogP contribution is 2.26. The molecule has 31 heavy (non-hydrogen) atoms. The normalized spacial score (nSPS) is 10.4. The van der Waals surface area contributed by atoms with Gasteiger partial charge in [0.05, 0.1) is 11.1 Å². The highest BCUT2D eigenvalue weighted by Gasteiger charge is 2.12. The Morgan fingerprint density at radius 1 is 1.03 bits per heavy atom. The Morgan fingerprint density at radius 2 is 1.74 bits per heavy atom. The van der Waals surface area contributed by atoms with Crippen LogP contribution in [0.3, 0.4) is 0 Å². The minimum atomic E-state index is -0.454. The van der Waals surface area contributed by atoms with Crippen molar-refractivity contribution in [3.05, 3.63) is 57.0 Å². The summed E-state index contributed by atoms with van der Waals surface area (Å²) in [6.45, 7) is 4.64. The van der Waals surface area contributed by atoms with Crippen molar-refractivity contribution in [1.29, 1.82) is 0 Å². The predicted molar refractivity (Wildman–Crippen MR) is 130 cm³/mol. The maximum atomic E-state index is 12.4. The highest BCUT2D eigenvalue weighted by molar-refractivity contribution is 9.10. The molecule has 0 aliphatic heterocycles. The zero-order chi connectivity index (χ0) is 22.8. The van der Waals surface area contributed by atoms with Crippen molar-refractivity contribution in [3.8, 4) is 11.5 Å². The highest BCUT2D eigenvalue weighted by atomic mass is 79.9. The number of hydrogen-bond donors (Lipinski definition) is 3. The Labute approximate surface area is 203 Å². The van der Waals surface area contributed by atoms with Crippen molar-refractivity contribution in [2.75, 3.05) is 13.2 Å². The van der Waals surface area contributed by atoms with E-state index in [-0.39, 0.29) is 11.7 Å². The molecule has 3 N–H and O–H groups in total. The molecule has 0 spiro atoms. The van der Waals surface area contributed by atoms with Crippen LogP contribution in [0.2, 0.25) is 0 Å². The lowest BCUT2D eigenvalue weighted by molar-refractivity contribution is -0.123. The summed E-state index contributed by atoms with van der Waals surface area (Å²) in [6, 6.07) is 12.1. The van der Waals surface area contributed by atoms with Gasteiger partial charge in [-0.25, -0.2) is 0 Å². The summed E-state index contributed by atoms with van der Waals surface area (Å²) in [4.78, 5) is 24.2. The standard InChI is InChI=1S/C21H23Br2N3O4S/c1-13(2)9-10-29-18-8-3-14(11-17(18)23)20(28)24-21(31)26-25-19(27)12-30-16-6-4-15(22)5-7-16/h3-8,11,13H,9-10,12H2,1-2H3,(H,25,27)(H2,24,26,28,31). The van der Waals surface area contributed by atoms with Gasteiger partial charge < -0.3 is 9.47 Å². The van der Waals surface area contributed by atoms with Crippen LogP contribution in [0.15, 0.2) is 51.4 Å². The van der Waals surface area contributed by atoms with Crippen LogP contribution in [-0.2, 0) is 4.79 Å². The van der Waals surface area contributed by atoms with Gasteiger partial charge in [0, 0.05) is 10.0 Å². The molecule has 0 bridgehead atoms. The molecule has 0 radical (unpaired) electrons. The van der Waals surface area contributed by atoms with Crippen LogP contribution >= 0.6 is 44.1 Å². The van der Waals surface area contributed by atoms with Crippen LogP contribution in [0.5, 0.6) is 11.5 Å². The van der Waals surface area contributed by atoms with E-state index < -0.39 is 11.8 Å². The van der Waals surface area contributed by atoms with E-state index in [2.05, 4.69) is 61.9 Å². The number of amides is 2. The van der Waals surface area contributed by atoms with Crippen LogP contribution in [0.1, 0.15) is 30.6 Å². The van der Waals surface area contributed by atoms with Gasteiger partial charge in [0.1, 0.15) is 11.5 Å². The first-order valence-electron chi connectivity index (χ1n) is 9.45. The Balaban J connectivity index is 1.75. The average Bonchev–Trinajstić information content (AvgIpc) is 2.72. The van der Waals surface area contributed by atoms with E-state index in [0.717, 1.165) is 10.9 Å². The largest absolute Gasteiger partial charge is 0.492 e. The zero-order valence-corrected chi connectivity index (χ0v) is 21.0. The Bertz CT molecular complexity index is 923. The molecule has 166 valence electrons. The molecule has 2 aromatic carbocycles. The van der Waals surface area contributed by atoms with Crippen LogP contribution < -0.4 is 25.6 Å². The smallest absolute Gasteiger partial charge is 0.276 e. The van der Waals surface area contributed by atoms with E-state index >= 15 is 0 Å². The molecule has 0 heterocycles. The van der Waals surface area contributed by atoms with Crippen molar-refractivity contribution < 1.29 is 19.1 Å². The topological polar surface area (TPSA) is 88.7 Å². The number of halogens is 2. The van der Waals surface area contributed by atoms with Crippen molar-refractivity contribution in [2.45, 2.75) is 20.3 Å². The molecular formula is C21H23Br2N3O4S. The molecule has 0 saturated heterocycles. The van der Waals surface area contributed by atoms with Gasteiger partial charge in [0.2, 0.25) is 0 Å². The molecule has 2 aromatic rings. The number of carbonyl (C=O) groups is 2. The Hall–Kier alpha value is -2.17. The van der Waals surface area contributed by atoms with E-state index in [1.807, 2.05) is 0 Å². The van der Waals surface area contributed by atoms with Gasteiger partial charge in [-0.2, -0.15) is 0 Å². The maximum absolute atomic E-state index is 12.4. The number of carbonyl (C=O) groups excluding carboxylic acids is 2. The van der Waals surface area contributed by atoms with Crippen LogP contribution in [0.25, 0.3) is 0 Å². The summed E-state index contributed by atoms with van der Waals surface area (Å²) >= 11 is 11.8. The lowest BCUT2D eigenvalue weighted by Gasteiger charge is -2.13. The first kappa shape index (κ1) is 25.1. The van der Waals surface area contributed by atoms with Gasteiger partial charge >= 0.3 is 0 Å². The fraction of sp³-hybridized carbons (Fsp3) is 0.286. The summed E-state index contributed by atoms with van der Waals surface area (Å²) < 4.78 is 12.6. The van der Waals surface area contributed by atoms with Gasteiger partial charge in [0.25, 0.3) is 11.8 Å². The minimum Gasteiger partial charge on any atom is -0.492 e. The fourth-order valence-electron chi connectivity index (χ4n) is 2.21. The monoisotopic (exact) mass is 571 g/mol. The number of hydrazine groups is 1. The van der Waals surface area contributed by atoms with E-state index in [1.165, 1.54) is 0 Å². The summed E-state index contributed by atoms with van der Waals surface area (Å²) in [6.07, 6.45) is 0.939. The first-order chi connectivity index (χ1) is 14.7. The molecule has 0 unspecified atom stereocenters. The molecule has 0 fully saturated rings. The van der Waals surface area contributed by atoms with Crippen LogP contribution in [0.4, 0.5) is 0 Å². The van der Waals surface area contributed by atoms with Gasteiger partial charge in [0.15, 0.2) is 11.7 Å². The summed E-state index contributed by atoms with van der Waals surface area (Å²) in [5.41, 5.74) is 5.22. The lowest BCUT2D eigenvalue weighted by Crippen LogP contribution is -2.49. The molecule has 0 aliphatic carbocycles. The predicted octanol–water partition coefficient (Wildman–Crippen LogP) is 4.35. The van der Waals surface area contributed by atoms with Gasteiger partial charge in [-0.3, -0.25) is 25.8 Å². The van der Waals surface area contributed by atoms with Crippen molar-refractivity contribution in [3.63, 3.8) is 0 Å². The van der Waals surface area contributed by atoms with Gasteiger partial charge in [-0.15, -0.1) is 0 Å². The molecule has 0 aliphatic rings. The molecule has 10 heteroatoms. The van der Waals surface area contributed by atoms with Gasteiger partial charge in [-0.05, 0) is 83.0 Å². The van der Waals surface area contributed by atoms with E-state index in [0.29, 0.717) is 34.1 Å². The maximum Gasteiger partial charge on any atom is 0.276 e. The summed E-state index contributed by atoms with van der Waals surface area (Å²) in [5, 5.41) is 2.45. The van der Waals surface area contributed by atoms with Crippen LogP contribution in [-0.4, -0.2) is 30.1 Å². The van der Waals surface area contributed by atoms with Crippen molar-refractivity contribution in [1.82, 2.24) is 16.2 Å². The van der Waals surface area contributed by atoms with Crippen molar-refractivity contribution in [2.24, 2.45) is 5.92 Å². The SMILES string of the molecule is CC(C)CCOc1ccc(C(=O)NC(=S)NNC(=O)COc2ccc(Br)cc2)cc1Br. The number of rotatable bonds is 8. The molecule has 0 saturated carbocycles. The summed E-state index contributed by atoms with van der Waals surface area (Å²) in [5.74, 6) is 0.884. The number of hydrogen-bond acceptors (Lipinski definition) is 5. The first-order valence-corrected chi connectivity index (χ1v) is 11.4. The molecule has 0 aromatic heterocycles. The number of nitrogens with one attached hydrogen (secondary N) is 3. The number of thiocarbonyl (C=S) groups is 1. The lowest BCUT2D eigenvalue weighted by atomic mass is 10.1. The van der Waals surface area contributed by atoms with Gasteiger partial charge in [-0.1, -0.05) is 29.8 Å². The molecule has 7 nitrogen and oxygen atoms in total. The quantitative estimate of drug-likeness (QED) is 0.322. The minimum absolute atomic E-state index is 0.0459. The second-order valence-corrected chi connectivity index (χ2v) is 9.05. The van der Waals surface area contributed by atoms with E-state index in [9.17, 15) is 9.59 Å². The molecule has 2 rings (SSSR count). The molecule has 2 amide bonds. The Kier molecular flexibility index (Phi) is 10.2. The van der Waals surface area contributed by atoms with Crippen molar-refractivity contribution >= 4 is 61.0 Å². The average molecular weight is 573 g/mol. The zero-order valence-electron chi connectivity index (χ0n) is 17.0. The fourth-order valence-corrected chi connectivity index (χ4v) is 3.11. The number of ether oxygens (including phenoxy) is 2. The molecule has 0 atom stereocenters. The third-order valence-electron chi connectivity index (χ3n) is 3.87. The van der Waals surface area contributed by atoms with Crippen LogP contribution in [0, 0.1) is 5.92 Å². The second-order valence-electron chi connectivity index (χ2n) is 6.88. The third-order valence-corrected chi connectivity index (χ3v) is 5.23. The van der Waals surface area contributed by atoms with E-state index in [1.54, 1.807) is 42.5 Å². The second kappa shape index (κ2) is 12.6. The third kappa shape index (κ3) is 9.24. The van der Waals surface area contributed by atoms with E-state index in [4.69, 9.17) is 21.7 Å².